The zero-order valence-corrected chi connectivity index (χ0v) is 15.6. The van der Waals surface area contributed by atoms with E-state index in [1.807, 2.05) is 30.3 Å². The Bertz CT molecular complexity index is 763. The predicted octanol–water partition coefficient (Wildman–Crippen LogP) is 3.24. The fourth-order valence-corrected chi connectivity index (χ4v) is 2.63. The minimum Gasteiger partial charge on any atom is -0.497 e. The van der Waals surface area contributed by atoms with Crippen LogP contribution < -0.4 is 10.1 Å². The fourth-order valence-electron chi connectivity index (χ4n) is 2.00. The van der Waals surface area contributed by atoms with Crippen LogP contribution in [0.4, 0.5) is 5.00 Å². The molecule has 0 fully saturated rings. The second-order valence-electron chi connectivity index (χ2n) is 4.95. The van der Waals surface area contributed by atoms with Crippen LogP contribution >= 0.6 is 11.5 Å². The highest BCUT2D eigenvalue weighted by Crippen LogP contribution is 2.27. The number of hydrogen-bond acceptors (Lipinski definition) is 8. The van der Waals surface area contributed by atoms with Crippen LogP contribution in [0.15, 0.2) is 42.1 Å². The number of carbonyl (C=O) groups excluding carboxylic acids is 2. The average Bonchev–Trinajstić information content (AvgIpc) is 3.11. The van der Waals surface area contributed by atoms with Crippen LogP contribution in [-0.4, -0.2) is 36.6 Å². The van der Waals surface area contributed by atoms with Crippen molar-refractivity contribution in [3.05, 3.63) is 42.1 Å². The SMILES string of the molecule is CCOC(=O)C(=CNc1cc(-c2ccc(OC)cc2)ns1)C(=O)OCC. The Morgan fingerprint density at radius 3 is 2.27 bits per heavy atom. The van der Waals surface area contributed by atoms with Gasteiger partial charge in [0.05, 0.1) is 26.0 Å². The lowest BCUT2D eigenvalue weighted by atomic mass is 10.1. The summed E-state index contributed by atoms with van der Waals surface area (Å²) in [7, 11) is 1.61. The Kier molecular flexibility index (Phi) is 7.16. The molecule has 1 aromatic heterocycles. The molecule has 7 nitrogen and oxygen atoms in total. The summed E-state index contributed by atoms with van der Waals surface area (Å²) < 4.78 is 19.3. The Hall–Kier alpha value is -2.87. The molecule has 0 aliphatic carbocycles. The number of esters is 2. The van der Waals surface area contributed by atoms with Gasteiger partial charge in [0.15, 0.2) is 5.57 Å². The first kappa shape index (κ1) is 19.5. The number of aromatic nitrogens is 1. The normalized spacial score (nSPS) is 9.96. The highest BCUT2D eigenvalue weighted by Gasteiger charge is 2.21. The number of methoxy groups -OCH3 is 1. The van der Waals surface area contributed by atoms with Gasteiger partial charge < -0.3 is 19.5 Å². The van der Waals surface area contributed by atoms with Crippen LogP contribution in [-0.2, 0) is 19.1 Å². The zero-order chi connectivity index (χ0) is 18.9. The number of carbonyl (C=O) groups is 2. The number of nitrogens with zero attached hydrogens (tertiary/aromatic N) is 1. The summed E-state index contributed by atoms with van der Waals surface area (Å²) >= 11 is 1.21. The Morgan fingerprint density at radius 2 is 1.73 bits per heavy atom. The third kappa shape index (κ3) is 5.06. The van der Waals surface area contributed by atoms with Gasteiger partial charge in [-0.2, -0.15) is 4.37 Å². The lowest BCUT2D eigenvalue weighted by Crippen LogP contribution is -2.19. The summed E-state index contributed by atoms with van der Waals surface area (Å²) in [5, 5.41) is 3.57. The maximum atomic E-state index is 11.9. The molecule has 2 aromatic rings. The molecule has 2 rings (SSSR count). The molecule has 0 spiro atoms. The van der Waals surface area contributed by atoms with Gasteiger partial charge in [0.1, 0.15) is 10.8 Å². The Balaban J connectivity index is 2.15. The maximum Gasteiger partial charge on any atom is 0.347 e. The highest BCUT2D eigenvalue weighted by molar-refractivity contribution is 7.10. The third-order valence-electron chi connectivity index (χ3n) is 3.25. The number of hydrogen-bond donors (Lipinski definition) is 1. The molecule has 8 heteroatoms. The fraction of sp³-hybridized carbons (Fsp3) is 0.278. The molecule has 138 valence electrons. The van der Waals surface area contributed by atoms with Gasteiger partial charge in [0, 0.05) is 17.8 Å². The van der Waals surface area contributed by atoms with Gasteiger partial charge in [-0.05, 0) is 49.6 Å². The summed E-state index contributed by atoms with van der Waals surface area (Å²) in [5.41, 5.74) is 1.49. The molecular weight excluding hydrogens is 356 g/mol. The highest BCUT2D eigenvalue weighted by atomic mass is 32.1. The van der Waals surface area contributed by atoms with Crippen LogP contribution in [0.3, 0.4) is 0 Å². The van der Waals surface area contributed by atoms with Gasteiger partial charge in [-0.1, -0.05) is 0 Å². The molecule has 0 atom stereocenters. The van der Waals surface area contributed by atoms with Crippen molar-refractivity contribution in [3.63, 3.8) is 0 Å². The first-order valence-corrected chi connectivity index (χ1v) is 8.78. The summed E-state index contributed by atoms with van der Waals surface area (Å²) in [6, 6.07) is 9.31. The van der Waals surface area contributed by atoms with Crippen molar-refractivity contribution in [2.75, 3.05) is 25.6 Å². The van der Waals surface area contributed by atoms with E-state index in [0.717, 1.165) is 17.0 Å². The van der Waals surface area contributed by atoms with Crippen molar-refractivity contribution in [1.29, 1.82) is 0 Å². The topological polar surface area (TPSA) is 86.8 Å². The van der Waals surface area contributed by atoms with Gasteiger partial charge in [-0.3, -0.25) is 0 Å². The Morgan fingerprint density at radius 1 is 1.12 bits per heavy atom. The van der Waals surface area contributed by atoms with E-state index >= 15 is 0 Å². The number of ether oxygens (including phenoxy) is 3. The summed E-state index contributed by atoms with van der Waals surface area (Å²) in [6.07, 6.45) is 1.28. The van der Waals surface area contributed by atoms with Crippen molar-refractivity contribution in [1.82, 2.24) is 4.37 Å². The van der Waals surface area contributed by atoms with Crippen LogP contribution in [0.5, 0.6) is 5.75 Å². The maximum absolute atomic E-state index is 11.9. The van der Waals surface area contributed by atoms with Gasteiger partial charge >= 0.3 is 11.9 Å². The number of rotatable bonds is 8. The van der Waals surface area contributed by atoms with E-state index in [-0.39, 0.29) is 18.8 Å². The van der Waals surface area contributed by atoms with Crippen molar-refractivity contribution in [3.8, 4) is 17.0 Å². The minimum atomic E-state index is -0.738. The monoisotopic (exact) mass is 376 g/mol. The minimum absolute atomic E-state index is 0.164. The standard InChI is InChI=1S/C18H20N2O5S/c1-4-24-17(21)14(18(22)25-5-2)11-19-16-10-15(20-26-16)12-6-8-13(23-3)9-7-12/h6-11,19H,4-5H2,1-3H3. The second-order valence-corrected chi connectivity index (χ2v) is 5.75. The zero-order valence-electron chi connectivity index (χ0n) is 14.8. The summed E-state index contributed by atoms with van der Waals surface area (Å²) in [5.74, 6) is -0.713. The van der Waals surface area contributed by atoms with E-state index in [0.29, 0.717) is 5.00 Å². The van der Waals surface area contributed by atoms with E-state index in [4.69, 9.17) is 14.2 Å². The smallest absolute Gasteiger partial charge is 0.347 e. The van der Waals surface area contributed by atoms with Gasteiger partial charge in [0.25, 0.3) is 0 Å². The average molecular weight is 376 g/mol. The van der Waals surface area contributed by atoms with Crippen molar-refractivity contribution in [2.24, 2.45) is 0 Å². The van der Waals surface area contributed by atoms with E-state index in [1.165, 1.54) is 17.7 Å². The molecule has 1 N–H and O–H groups in total. The summed E-state index contributed by atoms with van der Waals surface area (Å²) in [6.45, 7) is 3.66. The molecule has 0 aliphatic rings. The van der Waals surface area contributed by atoms with Crippen LogP contribution in [0.25, 0.3) is 11.3 Å². The van der Waals surface area contributed by atoms with E-state index in [2.05, 4.69) is 9.69 Å². The third-order valence-corrected chi connectivity index (χ3v) is 3.97. The van der Waals surface area contributed by atoms with Crippen molar-refractivity contribution < 1.29 is 23.8 Å². The van der Waals surface area contributed by atoms with Gasteiger partial charge in [-0.15, -0.1) is 0 Å². The van der Waals surface area contributed by atoms with Crippen LogP contribution in [0.1, 0.15) is 13.8 Å². The van der Waals surface area contributed by atoms with Gasteiger partial charge in [-0.25, -0.2) is 9.59 Å². The second kappa shape index (κ2) is 9.57. The van der Waals surface area contributed by atoms with Crippen molar-refractivity contribution in [2.45, 2.75) is 13.8 Å². The quantitative estimate of drug-likeness (QED) is 0.327. The molecule has 1 aromatic carbocycles. The largest absolute Gasteiger partial charge is 0.497 e. The molecule has 0 amide bonds. The summed E-state index contributed by atoms with van der Waals surface area (Å²) in [4.78, 5) is 23.8. The van der Waals surface area contributed by atoms with E-state index < -0.39 is 11.9 Å². The number of nitrogens with one attached hydrogen (secondary N) is 1. The number of anilines is 1. The first-order chi connectivity index (χ1) is 12.6. The van der Waals surface area contributed by atoms with Crippen molar-refractivity contribution >= 4 is 28.5 Å². The van der Waals surface area contributed by atoms with Crippen LogP contribution in [0, 0.1) is 0 Å². The van der Waals surface area contributed by atoms with E-state index in [1.54, 1.807) is 21.0 Å². The first-order valence-electron chi connectivity index (χ1n) is 8.01. The molecule has 0 aliphatic heterocycles. The predicted molar refractivity (Wildman–Crippen MR) is 99.1 cm³/mol. The van der Waals surface area contributed by atoms with E-state index in [9.17, 15) is 9.59 Å². The number of benzene rings is 1. The molecule has 0 unspecified atom stereocenters. The lowest BCUT2D eigenvalue weighted by Gasteiger charge is -2.06. The molecule has 1 heterocycles. The molecule has 0 bridgehead atoms. The molecule has 0 saturated carbocycles. The molecular formula is C18H20N2O5S. The van der Waals surface area contributed by atoms with Crippen LogP contribution in [0.2, 0.25) is 0 Å². The lowest BCUT2D eigenvalue weighted by molar-refractivity contribution is -0.146. The molecule has 0 saturated heterocycles. The molecule has 26 heavy (non-hydrogen) atoms. The molecule has 0 radical (unpaired) electrons. The van der Waals surface area contributed by atoms with Gasteiger partial charge in [0.2, 0.25) is 0 Å². The Labute approximate surface area is 155 Å².